The molecule has 1 N–H and O–H groups in total. The number of carboxylic acids is 1. The smallest absolute Gasteiger partial charge is 0.336 e. The molecule has 76 valence electrons. The third-order valence-corrected chi connectivity index (χ3v) is 3.74. The zero-order chi connectivity index (χ0) is 10.8. The first-order valence-corrected chi connectivity index (χ1v) is 5.84. The third kappa shape index (κ3) is 1.93. The van der Waals surface area contributed by atoms with Gasteiger partial charge >= 0.3 is 5.97 Å². The van der Waals surface area contributed by atoms with E-state index < -0.39 is 15.7 Å². The SMILES string of the molecule is CN=[S@](C)(=O)c1ccccc1C(=O)O. The molecule has 0 radical (unpaired) electrons. The van der Waals surface area contributed by atoms with Gasteiger partial charge in [-0.1, -0.05) is 12.1 Å². The van der Waals surface area contributed by atoms with Crippen LogP contribution in [0, 0.1) is 0 Å². The molecule has 1 aromatic carbocycles. The van der Waals surface area contributed by atoms with Crippen LogP contribution in [0.5, 0.6) is 0 Å². The van der Waals surface area contributed by atoms with Crippen LogP contribution in [0.25, 0.3) is 0 Å². The van der Waals surface area contributed by atoms with E-state index in [2.05, 4.69) is 4.36 Å². The van der Waals surface area contributed by atoms with E-state index in [-0.39, 0.29) is 10.5 Å². The fraction of sp³-hybridized carbons (Fsp3) is 0.222. The molecule has 0 bridgehead atoms. The Hall–Kier alpha value is -1.36. The van der Waals surface area contributed by atoms with Crippen molar-refractivity contribution in [2.75, 3.05) is 13.3 Å². The van der Waals surface area contributed by atoms with Crippen LogP contribution in [0.4, 0.5) is 0 Å². The molecular weight excluding hydrogens is 202 g/mol. The molecule has 0 aliphatic carbocycles. The normalized spacial score (nSPS) is 14.4. The summed E-state index contributed by atoms with van der Waals surface area (Å²) >= 11 is 0. The predicted octanol–water partition coefficient (Wildman–Crippen LogP) is 1.47. The van der Waals surface area contributed by atoms with Gasteiger partial charge in [-0.25, -0.2) is 13.4 Å². The Morgan fingerprint density at radius 3 is 2.50 bits per heavy atom. The van der Waals surface area contributed by atoms with Crippen molar-refractivity contribution in [1.82, 2.24) is 0 Å². The number of carboxylic acid groups (broad SMARTS) is 1. The van der Waals surface area contributed by atoms with Crippen LogP contribution in [-0.4, -0.2) is 28.6 Å². The van der Waals surface area contributed by atoms with Crippen LogP contribution in [0.3, 0.4) is 0 Å². The number of nitrogens with zero attached hydrogens (tertiary/aromatic N) is 1. The Kier molecular flexibility index (Phi) is 2.90. The fourth-order valence-electron chi connectivity index (χ4n) is 1.07. The van der Waals surface area contributed by atoms with Crippen LogP contribution >= 0.6 is 0 Å². The Bertz CT molecular complexity index is 473. The van der Waals surface area contributed by atoms with E-state index in [4.69, 9.17) is 5.11 Å². The molecule has 0 fully saturated rings. The average molecular weight is 213 g/mol. The Morgan fingerprint density at radius 1 is 1.43 bits per heavy atom. The highest BCUT2D eigenvalue weighted by Crippen LogP contribution is 2.16. The van der Waals surface area contributed by atoms with Crippen LogP contribution in [0.15, 0.2) is 33.5 Å². The number of carbonyl (C=O) groups is 1. The Balaban J connectivity index is 3.51. The lowest BCUT2D eigenvalue weighted by atomic mass is 10.2. The molecule has 5 heteroatoms. The number of rotatable bonds is 2. The molecule has 0 aliphatic rings. The van der Waals surface area contributed by atoms with Crippen molar-refractivity contribution in [1.29, 1.82) is 0 Å². The topological polar surface area (TPSA) is 66.7 Å². The average Bonchev–Trinajstić information content (AvgIpc) is 2.18. The molecule has 1 rings (SSSR count). The lowest BCUT2D eigenvalue weighted by molar-refractivity contribution is 0.0693. The second kappa shape index (κ2) is 3.79. The van der Waals surface area contributed by atoms with Crippen molar-refractivity contribution in [2.45, 2.75) is 4.90 Å². The molecule has 0 unspecified atom stereocenters. The molecule has 0 saturated carbocycles. The maximum Gasteiger partial charge on any atom is 0.336 e. The van der Waals surface area contributed by atoms with E-state index in [9.17, 15) is 9.00 Å². The van der Waals surface area contributed by atoms with E-state index in [0.717, 1.165) is 0 Å². The van der Waals surface area contributed by atoms with Gasteiger partial charge in [0.2, 0.25) is 0 Å². The molecule has 1 atom stereocenters. The van der Waals surface area contributed by atoms with Gasteiger partial charge in [-0.2, -0.15) is 0 Å². The molecule has 0 aromatic heterocycles. The maximum absolute atomic E-state index is 11.9. The van der Waals surface area contributed by atoms with Gasteiger partial charge in [0.25, 0.3) is 0 Å². The molecule has 0 saturated heterocycles. The summed E-state index contributed by atoms with van der Waals surface area (Å²) in [5.74, 6) is -1.08. The summed E-state index contributed by atoms with van der Waals surface area (Å²) in [4.78, 5) is 11.1. The summed E-state index contributed by atoms with van der Waals surface area (Å²) in [6.45, 7) is 0. The van der Waals surface area contributed by atoms with Crippen molar-refractivity contribution in [3.63, 3.8) is 0 Å². The minimum atomic E-state index is -2.58. The summed E-state index contributed by atoms with van der Waals surface area (Å²) in [7, 11) is -1.16. The van der Waals surface area contributed by atoms with E-state index in [1.54, 1.807) is 12.1 Å². The first kappa shape index (κ1) is 10.7. The third-order valence-electron chi connectivity index (χ3n) is 1.87. The molecule has 14 heavy (non-hydrogen) atoms. The molecule has 0 amide bonds. The maximum atomic E-state index is 11.9. The number of hydrogen-bond donors (Lipinski definition) is 1. The summed E-state index contributed by atoms with van der Waals surface area (Å²) in [5.41, 5.74) is 0.0469. The van der Waals surface area contributed by atoms with Crippen molar-refractivity contribution in [3.8, 4) is 0 Å². The van der Waals surface area contributed by atoms with E-state index in [1.165, 1.54) is 25.4 Å². The number of benzene rings is 1. The van der Waals surface area contributed by atoms with Crippen LogP contribution < -0.4 is 0 Å². The van der Waals surface area contributed by atoms with E-state index >= 15 is 0 Å². The van der Waals surface area contributed by atoms with Crippen LogP contribution in [0.2, 0.25) is 0 Å². The Morgan fingerprint density at radius 2 is 2.00 bits per heavy atom. The second-order valence-corrected chi connectivity index (χ2v) is 5.20. The number of aromatic carboxylic acids is 1. The highest BCUT2D eigenvalue weighted by Gasteiger charge is 2.15. The van der Waals surface area contributed by atoms with Gasteiger partial charge < -0.3 is 5.11 Å². The van der Waals surface area contributed by atoms with Crippen LogP contribution in [-0.2, 0) is 9.73 Å². The largest absolute Gasteiger partial charge is 0.478 e. The molecule has 1 aromatic rings. The first-order valence-electron chi connectivity index (χ1n) is 3.91. The zero-order valence-electron chi connectivity index (χ0n) is 7.93. The summed E-state index contributed by atoms with van der Waals surface area (Å²) in [6.07, 6.45) is 1.43. The molecule has 4 nitrogen and oxygen atoms in total. The Labute approximate surface area is 82.8 Å². The minimum absolute atomic E-state index is 0.0469. The summed E-state index contributed by atoms with van der Waals surface area (Å²) < 4.78 is 15.5. The van der Waals surface area contributed by atoms with Gasteiger partial charge in [0.15, 0.2) is 0 Å². The minimum Gasteiger partial charge on any atom is -0.478 e. The molecule has 0 heterocycles. The number of hydrogen-bond acceptors (Lipinski definition) is 3. The van der Waals surface area contributed by atoms with Crippen molar-refractivity contribution < 1.29 is 14.1 Å². The highest BCUT2D eigenvalue weighted by atomic mass is 32.2. The van der Waals surface area contributed by atoms with Crippen molar-refractivity contribution in [3.05, 3.63) is 29.8 Å². The predicted molar refractivity (Wildman–Crippen MR) is 54.1 cm³/mol. The second-order valence-electron chi connectivity index (χ2n) is 2.79. The summed E-state index contributed by atoms with van der Waals surface area (Å²) in [6, 6.07) is 6.19. The van der Waals surface area contributed by atoms with Gasteiger partial charge in [-0.15, -0.1) is 0 Å². The van der Waals surface area contributed by atoms with Gasteiger partial charge in [0, 0.05) is 13.3 Å². The lowest BCUT2D eigenvalue weighted by Gasteiger charge is -2.06. The van der Waals surface area contributed by atoms with Gasteiger partial charge in [-0.3, -0.25) is 0 Å². The van der Waals surface area contributed by atoms with Gasteiger partial charge in [0.1, 0.15) is 0 Å². The van der Waals surface area contributed by atoms with E-state index in [1.807, 2.05) is 0 Å². The zero-order valence-corrected chi connectivity index (χ0v) is 8.75. The molecule has 0 aliphatic heterocycles. The van der Waals surface area contributed by atoms with Crippen LogP contribution in [0.1, 0.15) is 10.4 Å². The van der Waals surface area contributed by atoms with Crippen molar-refractivity contribution in [2.24, 2.45) is 4.36 Å². The molecule has 0 spiro atoms. The molecular formula is C9H11NO3S. The van der Waals surface area contributed by atoms with Crippen molar-refractivity contribution >= 4 is 15.7 Å². The summed E-state index contributed by atoms with van der Waals surface area (Å²) in [5, 5.41) is 8.86. The first-order chi connectivity index (χ1) is 6.49. The lowest BCUT2D eigenvalue weighted by Crippen LogP contribution is -2.06. The van der Waals surface area contributed by atoms with Gasteiger partial charge in [-0.05, 0) is 12.1 Å². The monoisotopic (exact) mass is 213 g/mol. The van der Waals surface area contributed by atoms with E-state index in [0.29, 0.717) is 0 Å². The highest BCUT2D eigenvalue weighted by molar-refractivity contribution is 7.93. The quantitative estimate of drug-likeness (QED) is 0.809. The fourth-order valence-corrected chi connectivity index (χ4v) is 2.16. The van der Waals surface area contributed by atoms with Gasteiger partial charge in [0.05, 0.1) is 20.2 Å². The standard InChI is InChI=1S/C9H11NO3S/c1-10-14(2,13)8-6-4-3-5-7(8)9(11)12/h3-6H,1-2H3,(H,11,12)/t14-/m1/s1.